The van der Waals surface area contributed by atoms with Gasteiger partial charge in [0.05, 0.1) is 19.8 Å². The lowest BCUT2D eigenvalue weighted by molar-refractivity contribution is -0.175. The minimum atomic E-state index is -0.188. The Morgan fingerprint density at radius 1 is 1.00 bits per heavy atom. The van der Waals surface area contributed by atoms with Crippen LogP contribution in [0.2, 0.25) is 0 Å². The summed E-state index contributed by atoms with van der Waals surface area (Å²) >= 11 is 0. The Labute approximate surface area is 88.8 Å². The molecular formula is C11H16O4. The van der Waals surface area contributed by atoms with E-state index in [1.165, 1.54) is 0 Å². The Bertz CT molecular complexity index is 290. The number of hydrogen-bond donors (Lipinski definition) is 0. The largest absolute Gasteiger partial charge is 0.379 e. The molecule has 0 radical (unpaired) electrons. The fourth-order valence-electron chi connectivity index (χ4n) is 3.84. The molecule has 4 rings (SSSR count). The number of ether oxygens (including phenoxy) is 4. The highest BCUT2D eigenvalue weighted by Crippen LogP contribution is 2.57. The van der Waals surface area contributed by atoms with Crippen LogP contribution >= 0.6 is 0 Å². The summed E-state index contributed by atoms with van der Waals surface area (Å²) < 4.78 is 23.5. The second-order valence-electron chi connectivity index (χ2n) is 5.05. The van der Waals surface area contributed by atoms with Crippen molar-refractivity contribution in [1.82, 2.24) is 0 Å². The van der Waals surface area contributed by atoms with Gasteiger partial charge >= 0.3 is 0 Å². The standard InChI is InChI=1S/C11H16O4/c1-3-14-11-7-13-9-6-12-4-2-10(9,11)15-5-8(1)11/h8-9H,1-7H2. The van der Waals surface area contributed by atoms with E-state index in [0.29, 0.717) is 19.1 Å². The quantitative estimate of drug-likeness (QED) is 0.580. The van der Waals surface area contributed by atoms with Crippen molar-refractivity contribution in [2.75, 3.05) is 33.0 Å². The van der Waals surface area contributed by atoms with E-state index < -0.39 is 0 Å². The second-order valence-corrected chi connectivity index (χ2v) is 5.05. The van der Waals surface area contributed by atoms with Crippen molar-refractivity contribution in [2.24, 2.45) is 5.92 Å². The van der Waals surface area contributed by atoms with Crippen molar-refractivity contribution in [2.45, 2.75) is 30.1 Å². The molecule has 0 amide bonds. The molecule has 0 aromatic rings. The SMILES string of the molecule is C1CC23OCC4CCOC42COC3CO1. The maximum Gasteiger partial charge on any atom is 0.130 e. The molecule has 0 aliphatic carbocycles. The summed E-state index contributed by atoms with van der Waals surface area (Å²) in [6.45, 7) is 3.85. The van der Waals surface area contributed by atoms with Crippen LogP contribution in [0.15, 0.2) is 0 Å². The maximum absolute atomic E-state index is 6.10. The molecule has 0 bridgehead atoms. The summed E-state index contributed by atoms with van der Waals surface area (Å²) in [6.07, 6.45) is 2.14. The van der Waals surface area contributed by atoms with E-state index in [1.54, 1.807) is 0 Å². The molecule has 4 saturated heterocycles. The van der Waals surface area contributed by atoms with Gasteiger partial charge in [-0.1, -0.05) is 0 Å². The molecule has 4 heterocycles. The van der Waals surface area contributed by atoms with Crippen molar-refractivity contribution in [3.05, 3.63) is 0 Å². The van der Waals surface area contributed by atoms with Gasteiger partial charge in [-0.2, -0.15) is 0 Å². The van der Waals surface area contributed by atoms with Crippen LogP contribution in [0.3, 0.4) is 0 Å². The Morgan fingerprint density at radius 3 is 3.00 bits per heavy atom. The summed E-state index contributed by atoms with van der Waals surface area (Å²) in [7, 11) is 0. The van der Waals surface area contributed by atoms with Crippen LogP contribution in [0.4, 0.5) is 0 Å². The van der Waals surface area contributed by atoms with Gasteiger partial charge in [0.2, 0.25) is 0 Å². The normalized spacial score (nSPS) is 57.6. The average Bonchev–Trinajstić information content (AvgIpc) is 2.86. The fourth-order valence-corrected chi connectivity index (χ4v) is 3.84. The molecule has 15 heavy (non-hydrogen) atoms. The van der Waals surface area contributed by atoms with Gasteiger partial charge in [0.15, 0.2) is 0 Å². The average molecular weight is 212 g/mol. The van der Waals surface area contributed by atoms with Gasteiger partial charge in [0.25, 0.3) is 0 Å². The van der Waals surface area contributed by atoms with Gasteiger partial charge in [-0.05, 0) is 6.42 Å². The molecule has 4 nitrogen and oxygen atoms in total. The van der Waals surface area contributed by atoms with Gasteiger partial charge in [0, 0.05) is 25.6 Å². The van der Waals surface area contributed by atoms with Crippen LogP contribution < -0.4 is 0 Å². The van der Waals surface area contributed by atoms with Crippen molar-refractivity contribution < 1.29 is 18.9 Å². The highest BCUT2D eigenvalue weighted by atomic mass is 16.6. The maximum atomic E-state index is 6.10. The Morgan fingerprint density at radius 2 is 2.00 bits per heavy atom. The monoisotopic (exact) mass is 212 g/mol. The molecule has 4 fully saturated rings. The number of hydrogen-bond acceptors (Lipinski definition) is 4. The number of rotatable bonds is 0. The Hall–Kier alpha value is -0.160. The van der Waals surface area contributed by atoms with Crippen LogP contribution in [-0.4, -0.2) is 50.3 Å². The molecule has 4 heteroatoms. The summed E-state index contributed by atoms with van der Waals surface area (Å²) in [5.74, 6) is 0.542. The minimum Gasteiger partial charge on any atom is -0.379 e. The molecular weight excluding hydrogens is 196 g/mol. The van der Waals surface area contributed by atoms with Crippen molar-refractivity contribution in [1.29, 1.82) is 0 Å². The van der Waals surface area contributed by atoms with Crippen LogP contribution in [-0.2, 0) is 18.9 Å². The van der Waals surface area contributed by atoms with E-state index in [0.717, 1.165) is 32.7 Å². The van der Waals surface area contributed by atoms with E-state index in [2.05, 4.69) is 0 Å². The van der Waals surface area contributed by atoms with E-state index in [4.69, 9.17) is 18.9 Å². The van der Waals surface area contributed by atoms with Crippen LogP contribution in [0.5, 0.6) is 0 Å². The first kappa shape index (κ1) is 8.93. The molecule has 0 N–H and O–H groups in total. The topological polar surface area (TPSA) is 36.9 Å². The highest BCUT2D eigenvalue weighted by Gasteiger charge is 2.72. The molecule has 0 saturated carbocycles. The fraction of sp³-hybridized carbons (Fsp3) is 1.00. The predicted octanol–water partition coefficient (Wildman–Crippen LogP) is 0.350. The lowest BCUT2D eigenvalue weighted by Gasteiger charge is -2.41. The smallest absolute Gasteiger partial charge is 0.130 e. The third-order valence-corrected chi connectivity index (χ3v) is 4.65. The van der Waals surface area contributed by atoms with Gasteiger partial charge in [0.1, 0.15) is 17.3 Å². The zero-order valence-electron chi connectivity index (χ0n) is 8.74. The van der Waals surface area contributed by atoms with E-state index in [1.807, 2.05) is 0 Å². The first-order chi connectivity index (χ1) is 7.37. The van der Waals surface area contributed by atoms with Crippen molar-refractivity contribution >= 4 is 0 Å². The molecule has 4 atom stereocenters. The molecule has 0 aromatic carbocycles. The highest BCUT2D eigenvalue weighted by molar-refractivity contribution is 5.20. The predicted molar refractivity (Wildman–Crippen MR) is 50.6 cm³/mol. The molecule has 4 aliphatic heterocycles. The van der Waals surface area contributed by atoms with Crippen LogP contribution in [0.1, 0.15) is 12.8 Å². The van der Waals surface area contributed by atoms with E-state index in [-0.39, 0.29) is 17.3 Å². The van der Waals surface area contributed by atoms with Gasteiger partial charge in [-0.3, -0.25) is 0 Å². The first-order valence-corrected chi connectivity index (χ1v) is 5.85. The molecule has 0 aromatic heterocycles. The minimum absolute atomic E-state index is 0.0920. The summed E-state index contributed by atoms with van der Waals surface area (Å²) in [5, 5.41) is 0. The lowest BCUT2D eigenvalue weighted by atomic mass is 9.74. The summed E-state index contributed by atoms with van der Waals surface area (Å²) in [5.41, 5.74) is -0.326. The van der Waals surface area contributed by atoms with Gasteiger partial charge in [-0.25, -0.2) is 0 Å². The third-order valence-electron chi connectivity index (χ3n) is 4.65. The van der Waals surface area contributed by atoms with Crippen molar-refractivity contribution in [3.63, 3.8) is 0 Å². The van der Waals surface area contributed by atoms with Gasteiger partial charge < -0.3 is 18.9 Å². The lowest BCUT2D eigenvalue weighted by Crippen LogP contribution is -2.59. The third kappa shape index (κ3) is 0.848. The Balaban J connectivity index is 1.80. The van der Waals surface area contributed by atoms with Gasteiger partial charge in [-0.15, -0.1) is 0 Å². The Kier molecular flexibility index (Phi) is 1.63. The van der Waals surface area contributed by atoms with Crippen LogP contribution in [0.25, 0.3) is 0 Å². The molecule has 4 aliphatic rings. The second kappa shape index (κ2) is 2.74. The summed E-state index contributed by atoms with van der Waals surface area (Å²) in [6, 6.07) is 0. The molecule has 2 spiro atoms. The van der Waals surface area contributed by atoms with Crippen LogP contribution in [0, 0.1) is 5.92 Å². The molecule has 4 unspecified atom stereocenters. The zero-order chi connectivity index (χ0) is 9.93. The summed E-state index contributed by atoms with van der Waals surface area (Å²) in [4.78, 5) is 0. The van der Waals surface area contributed by atoms with E-state index >= 15 is 0 Å². The van der Waals surface area contributed by atoms with Crippen molar-refractivity contribution in [3.8, 4) is 0 Å². The van der Waals surface area contributed by atoms with E-state index in [9.17, 15) is 0 Å². The first-order valence-electron chi connectivity index (χ1n) is 5.85. The zero-order valence-corrected chi connectivity index (χ0v) is 8.74. The molecule has 84 valence electrons.